The Kier molecular flexibility index (Phi) is 5.77. The summed E-state index contributed by atoms with van der Waals surface area (Å²) in [5.74, 6) is -0.179. The second-order valence-electron chi connectivity index (χ2n) is 7.71. The van der Waals surface area contributed by atoms with E-state index in [1.54, 1.807) is 31.4 Å². The van der Waals surface area contributed by atoms with Crippen molar-refractivity contribution in [2.75, 3.05) is 13.7 Å². The maximum absolute atomic E-state index is 12.8. The maximum atomic E-state index is 12.8. The van der Waals surface area contributed by atoms with Crippen LogP contribution in [-0.4, -0.2) is 35.0 Å². The minimum absolute atomic E-state index is 0.153. The Labute approximate surface area is 186 Å². The highest BCUT2D eigenvalue weighted by Crippen LogP contribution is 2.22. The number of ether oxygens (including phenoxy) is 2. The van der Waals surface area contributed by atoms with E-state index in [1.165, 1.54) is 5.56 Å². The highest BCUT2D eigenvalue weighted by atomic mass is 16.5. The zero-order valence-corrected chi connectivity index (χ0v) is 18.5. The van der Waals surface area contributed by atoms with Gasteiger partial charge in [0.15, 0.2) is 6.61 Å². The first-order valence-corrected chi connectivity index (χ1v) is 10.3. The number of hydrogen-bond acceptors (Lipinski definition) is 5. The number of rotatable bonds is 6. The minimum atomic E-state index is -0.636. The maximum Gasteiger partial charge on any atom is 0.357 e. The van der Waals surface area contributed by atoms with Crippen LogP contribution in [0.25, 0.3) is 16.6 Å². The third kappa shape index (κ3) is 4.12. The number of hydrogen-bond donors (Lipinski definition) is 0. The van der Waals surface area contributed by atoms with Gasteiger partial charge < -0.3 is 14.0 Å². The third-order valence-electron chi connectivity index (χ3n) is 5.46. The molecule has 2 aromatic heterocycles. The minimum Gasteiger partial charge on any atom is -0.497 e. The molecule has 0 bridgehead atoms. The molecule has 4 aromatic rings. The fourth-order valence-electron chi connectivity index (χ4n) is 3.76. The molecule has 0 fully saturated rings. The van der Waals surface area contributed by atoms with E-state index in [4.69, 9.17) is 9.47 Å². The summed E-state index contributed by atoms with van der Waals surface area (Å²) in [5, 5.41) is 0.848. The van der Waals surface area contributed by atoms with Crippen LogP contribution in [0.2, 0.25) is 0 Å². The monoisotopic (exact) mass is 428 g/mol. The van der Waals surface area contributed by atoms with Gasteiger partial charge in [0.25, 0.3) is 0 Å². The van der Waals surface area contributed by atoms with E-state index >= 15 is 0 Å². The van der Waals surface area contributed by atoms with Crippen LogP contribution in [0.1, 0.15) is 37.8 Å². The predicted molar refractivity (Wildman–Crippen MR) is 123 cm³/mol. The smallest absolute Gasteiger partial charge is 0.357 e. The van der Waals surface area contributed by atoms with Crippen LogP contribution < -0.4 is 4.74 Å². The molecule has 0 radical (unpaired) electrons. The van der Waals surface area contributed by atoms with Crippen molar-refractivity contribution in [1.29, 1.82) is 0 Å². The standard InChI is InChI=1S/C26H24N2O4/c1-16-5-8-20(9-6-16)28-17(2)13-22(18(28)3)25(29)15-32-26(30)24-11-7-19-14-21(31-4)10-12-23(19)27-24/h5-14H,15H2,1-4H3. The molecule has 0 aliphatic carbocycles. The number of aryl methyl sites for hydroxylation is 2. The molecule has 0 spiro atoms. The largest absolute Gasteiger partial charge is 0.497 e. The second-order valence-corrected chi connectivity index (χ2v) is 7.71. The number of benzene rings is 2. The Hall–Kier alpha value is -3.93. The van der Waals surface area contributed by atoms with Gasteiger partial charge in [-0.15, -0.1) is 0 Å². The van der Waals surface area contributed by atoms with Crippen LogP contribution in [0, 0.1) is 20.8 Å². The van der Waals surface area contributed by atoms with Gasteiger partial charge in [0.2, 0.25) is 5.78 Å². The number of aromatic nitrogens is 2. The fraction of sp³-hybridized carbons (Fsp3) is 0.192. The predicted octanol–water partition coefficient (Wildman–Crippen LogP) is 5.00. The van der Waals surface area contributed by atoms with Crippen LogP contribution in [0.15, 0.2) is 60.7 Å². The fourth-order valence-corrected chi connectivity index (χ4v) is 3.76. The van der Waals surface area contributed by atoms with Gasteiger partial charge in [0.1, 0.15) is 11.4 Å². The van der Waals surface area contributed by atoms with Crippen LogP contribution in [0.3, 0.4) is 0 Å². The van der Waals surface area contributed by atoms with E-state index in [2.05, 4.69) is 4.98 Å². The van der Waals surface area contributed by atoms with E-state index in [-0.39, 0.29) is 18.1 Å². The van der Waals surface area contributed by atoms with Crippen LogP contribution >= 0.6 is 0 Å². The summed E-state index contributed by atoms with van der Waals surface area (Å²) < 4.78 is 12.5. The van der Waals surface area contributed by atoms with Crippen molar-refractivity contribution in [3.63, 3.8) is 0 Å². The van der Waals surface area contributed by atoms with Gasteiger partial charge in [0.05, 0.1) is 12.6 Å². The summed E-state index contributed by atoms with van der Waals surface area (Å²) >= 11 is 0. The van der Waals surface area contributed by atoms with E-state index in [9.17, 15) is 9.59 Å². The van der Waals surface area contributed by atoms with Crippen molar-refractivity contribution in [3.8, 4) is 11.4 Å². The Morgan fingerprint density at radius 2 is 1.69 bits per heavy atom. The third-order valence-corrected chi connectivity index (χ3v) is 5.46. The zero-order chi connectivity index (χ0) is 22.8. The van der Waals surface area contributed by atoms with E-state index in [1.807, 2.05) is 61.7 Å². The number of carbonyl (C=O) groups is 2. The summed E-state index contributed by atoms with van der Waals surface area (Å²) in [6.07, 6.45) is 0. The molecule has 0 aliphatic rings. The molecule has 2 aromatic carbocycles. The van der Waals surface area contributed by atoms with Gasteiger partial charge in [-0.1, -0.05) is 23.8 Å². The molecule has 6 heteroatoms. The summed E-state index contributed by atoms with van der Waals surface area (Å²) in [4.78, 5) is 29.6. The summed E-state index contributed by atoms with van der Waals surface area (Å²) in [6, 6.07) is 18.7. The number of methoxy groups -OCH3 is 1. The molecule has 0 N–H and O–H groups in total. The molecule has 0 saturated carbocycles. The van der Waals surface area contributed by atoms with Crippen LogP contribution in [0.4, 0.5) is 0 Å². The van der Waals surface area contributed by atoms with Gasteiger partial charge in [-0.05, 0) is 63.2 Å². The number of carbonyl (C=O) groups excluding carboxylic acids is 2. The van der Waals surface area contributed by atoms with Crippen molar-refractivity contribution < 1.29 is 19.1 Å². The lowest BCUT2D eigenvalue weighted by molar-refractivity contribution is 0.0469. The van der Waals surface area contributed by atoms with Gasteiger partial charge >= 0.3 is 5.97 Å². The number of ketones is 1. The Bertz CT molecular complexity index is 1320. The van der Waals surface area contributed by atoms with Crippen LogP contribution in [-0.2, 0) is 4.74 Å². The first-order chi connectivity index (χ1) is 15.4. The molecule has 4 rings (SSSR count). The Morgan fingerprint density at radius 1 is 0.938 bits per heavy atom. The second kappa shape index (κ2) is 8.67. The van der Waals surface area contributed by atoms with Crippen molar-refractivity contribution in [3.05, 3.63) is 88.9 Å². The number of fused-ring (bicyclic) bond motifs is 1. The molecule has 32 heavy (non-hydrogen) atoms. The quantitative estimate of drug-likeness (QED) is 0.319. The number of pyridine rings is 1. The zero-order valence-electron chi connectivity index (χ0n) is 18.5. The topological polar surface area (TPSA) is 70.4 Å². The van der Waals surface area contributed by atoms with E-state index < -0.39 is 5.97 Å². The molecule has 0 amide bonds. The summed E-state index contributed by atoms with van der Waals surface area (Å²) in [7, 11) is 1.59. The van der Waals surface area contributed by atoms with Crippen molar-refractivity contribution in [2.45, 2.75) is 20.8 Å². The number of esters is 1. The Morgan fingerprint density at radius 3 is 2.41 bits per heavy atom. The molecule has 6 nitrogen and oxygen atoms in total. The van der Waals surface area contributed by atoms with Crippen molar-refractivity contribution >= 4 is 22.7 Å². The lowest BCUT2D eigenvalue weighted by Crippen LogP contribution is -2.16. The Balaban J connectivity index is 1.49. The van der Waals surface area contributed by atoms with E-state index in [0.717, 1.165) is 22.5 Å². The number of Topliss-reactive ketones (excluding diaryl/α,β-unsaturated/α-hetero) is 1. The highest BCUT2D eigenvalue weighted by Gasteiger charge is 2.19. The van der Waals surface area contributed by atoms with Crippen molar-refractivity contribution in [1.82, 2.24) is 9.55 Å². The SMILES string of the molecule is COc1ccc2nc(C(=O)OCC(=O)c3cc(C)n(-c4ccc(C)cc4)c3C)ccc2c1. The molecule has 0 unspecified atom stereocenters. The van der Waals surface area contributed by atoms with Gasteiger partial charge in [-0.2, -0.15) is 0 Å². The molecular weight excluding hydrogens is 404 g/mol. The highest BCUT2D eigenvalue weighted by molar-refractivity contribution is 6.00. The molecule has 2 heterocycles. The van der Waals surface area contributed by atoms with Gasteiger partial charge in [-0.25, -0.2) is 9.78 Å². The average Bonchev–Trinajstić information content (AvgIpc) is 3.11. The number of nitrogens with zero attached hydrogens (tertiary/aromatic N) is 2. The van der Waals surface area contributed by atoms with Crippen LogP contribution in [0.5, 0.6) is 5.75 Å². The molecule has 0 atom stereocenters. The first kappa shape index (κ1) is 21.3. The molecule has 0 saturated heterocycles. The summed E-state index contributed by atoms with van der Waals surface area (Å²) in [6.45, 7) is 5.52. The molecule has 0 aliphatic heterocycles. The first-order valence-electron chi connectivity index (χ1n) is 10.3. The summed E-state index contributed by atoms with van der Waals surface area (Å²) in [5.41, 5.74) is 5.24. The average molecular weight is 428 g/mol. The lowest BCUT2D eigenvalue weighted by Gasteiger charge is -2.10. The molecule has 162 valence electrons. The van der Waals surface area contributed by atoms with Gasteiger partial charge in [-0.3, -0.25) is 4.79 Å². The van der Waals surface area contributed by atoms with E-state index in [0.29, 0.717) is 16.8 Å². The molecular formula is C26H24N2O4. The normalized spacial score (nSPS) is 10.9. The van der Waals surface area contributed by atoms with Gasteiger partial charge in [0, 0.05) is 28.0 Å². The van der Waals surface area contributed by atoms with Crippen molar-refractivity contribution in [2.24, 2.45) is 0 Å². The lowest BCUT2D eigenvalue weighted by atomic mass is 10.1.